The van der Waals surface area contributed by atoms with Crippen LogP contribution in [-0.4, -0.2) is 11.9 Å². The van der Waals surface area contributed by atoms with Gasteiger partial charge in [-0.05, 0) is 47.9 Å². The van der Waals surface area contributed by atoms with E-state index in [0.717, 1.165) is 24.8 Å². The molecule has 0 spiro atoms. The third-order valence-corrected chi connectivity index (χ3v) is 6.24. The first-order chi connectivity index (χ1) is 9.22. The van der Waals surface area contributed by atoms with Gasteiger partial charge in [-0.25, -0.2) is 0 Å². The van der Waals surface area contributed by atoms with E-state index >= 15 is 0 Å². The maximum absolute atomic E-state index is 5.88. The maximum Gasteiger partial charge on any atom is 0.125 e. The van der Waals surface area contributed by atoms with Crippen LogP contribution < -0.4 is 4.74 Å². The van der Waals surface area contributed by atoms with Gasteiger partial charge in [0.15, 0.2) is 0 Å². The summed E-state index contributed by atoms with van der Waals surface area (Å²) in [7, 11) is 0. The lowest BCUT2D eigenvalue weighted by molar-refractivity contribution is 0.220. The average Bonchev–Trinajstić information content (AvgIpc) is 2.88. The predicted molar refractivity (Wildman–Crippen MR) is 86.4 cm³/mol. The molecule has 0 bridgehead atoms. The van der Waals surface area contributed by atoms with Gasteiger partial charge in [-0.3, -0.25) is 0 Å². The Labute approximate surface area is 132 Å². The van der Waals surface area contributed by atoms with Crippen molar-refractivity contribution in [3.8, 4) is 5.75 Å². The smallest absolute Gasteiger partial charge is 0.125 e. The third kappa shape index (κ3) is 2.87. The molecule has 1 aromatic rings. The zero-order chi connectivity index (χ0) is 13.3. The van der Waals surface area contributed by atoms with E-state index in [1.165, 1.54) is 53.5 Å². The van der Waals surface area contributed by atoms with E-state index in [2.05, 4.69) is 44.0 Å². The highest BCUT2D eigenvalue weighted by Gasteiger charge is 2.33. The summed E-state index contributed by atoms with van der Waals surface area (Å²) in [5, 5.41) is 1.11. The quantitative estimate of drug-likeness (QED) is 0.641. The molecule has 1 aliphatic carbocycles. The van der Waals surface area contributed by atoms with Crippen LogP contribution in [0, 0.1) is 5.41 Å². The van der Waals surface area contributed by atoms with E-state index in [9.17, 15) is 0 Å². The maximum atomic E-state index is 5.88. The van der Waals surface area contributed by atoms with Gasteiger partial charge in [0, 0.05) is 16.2 Å². The fourth-order valence-electron chi connectivity index (χ4n) is 3.54. The van der Waals surface area contributed by atoms with Crippen molar-refractivity contribution >= 4 is 31.9 Å². The molecular formula is C16H20Br2O. The molecule has 0 radical (unpaired) electrons. The summed E-state index contributed by atoms with van der Waals surface area (Å²) in [4.78, 5) is 0. The normalized spacial score (nSPS) is 20.9. The Morgan fingerprint density at radius 3 is 2.68 bits per heavy atom. The molecule has 19 heavy (non-hydrogen) atoms. The second-order valence-corrected chi connectivity index (χ2v) is 7.50. The Kier molecular flexibility index (Phi) is 4.23. The third-order valence-electron chi connectivity index (χ3n) is 4.59. The molecule has 0 N–H and O–H groups in total. The molecule has 3 heteroatoms. The van der Waals surface area contributed by atoms with Gasteiger partial charge in [-0.1, -0.05) is 51.1 Å². The molecule has 2 aliphatic rings. The Hall–Kier alpha value is -0.0200. The molecule has 1 aromatic carbocycles. The van der Waals surface area contributed by atoms with E-state index in [4.69, 9.17) is 4.74 Å². The minimum absolute atomic E-state index is 0.443. The molecule has 0 unspecified atom stereocenters. The largest absolute Gasteiger partial charge is 0.493 e. The van der Waals surface area contributed by atoms with E-state index in [0.29, 0.717) is 5.41 Å². The summed E-state index contributed by atoms with van der Waals surface area (Å²) >= 11 is 7.43. The molecule has 1 aliphatic heterocycles. The van der Waals surface area contributed by atoms with Crippen molar-refractivity contribution < 1.29 is 4.74 Å². The monoisotopic (exact) mass is 386 g/mol. The summed E-state index contributed by atoms with van der Waals surface area (Å²) in [6.07, 6.45) is 9.06. The van der Waals surface area contributed by atoms with Crippen molar-refractivity contribution in [1.82, 2.24) is 0 Å². The molecule has 0 saturated heterocycles. The van der Waals surface area contributed by atoms with Crippen LogP contribution >= 0.6 is 31.9 Å². The number of alkyl halides is 1. The Morgan fingerprint density at radius 1 is 1.16 bits per heavy atom. The molecule has 104 valence electrons. The first-order valence-electron chi connectivity index (χ1n) is 7.23. The molecule has 0 aromatic heterocycles. The topological polar surface area (TPSA) is 9.23 Å². The lowest BCUT2D eigenvalue weighted by Gasteiger charge is -2.36. The zero-order valence-electron chi connectivity index (χ0n) is 11.2. The van der Waals surface area contributed by atoms with Gasteiger partial charge in [0.25, 0.3) is 0 Å². The number of hydrogen-bond acceptors (Lipinski definition) is 1. The summed E-state index contributed by atoms with van der Waals surface area (Å²) in [6.45, 7) is 0.847. The zero-order valence-corrected chi connectivity index (χ0v) is 14.4. The minimum Gasteiger partial charge on any atom is -0.493 e. The summed E-state index contributed by atoms with van der Waals surface area (Å²) in [5.41, 5.74) is 3.23. The Morgan fingerprint density at radius 2 is 1.95 bits per heavy atom. The van der Waals surface area contributed by atoms with Crippen LogP contribution in [0.3, 0.4) is 0 Å². The minimum atomic E-state index is 0.443. The molecule has 0 amide bonds. The van der Waals surface area contributed by atoms with Gasteiger partial charge in [0.1, 0.15) is 5.75 Å². The van der Waals surface area contributed by atoms with Crippen LogP contribution in [0.15, 0.2) is 16.6 Å². The van der Waals surface area contributed by atoms with Crippen molar-refractivity contribution in [2.24, 2.45) is 5.41 Å². The standard InChI is InChI=1S/C16H20Br2O/c17-11-16(5-2-1-3-6-16)10-13-9-14(18)8-12-4-7-19-15(12)13/h8-9H,1-7,10-11H2. The van der Waals surface area contributed by atoms with Crippen molar-refractivity contribution in [2.45, 2.75) is 44.9 Å². The SMILES string of the molecule is BrCC1(Cc2cc(Br)cc3c2OCC3)CCCCC1. The van der Waals surface area contributed by atoms with E-state index in [-0.39, 0.29) is 0 Å². The molecule has 1 heterocycles. The first-order valence-corrected chi connectivity index (χ1v) is 9.14. The van der Waals surface area contributed by atoms with Crippen LogP contribution in [0.25, 0.3) is 0 Å². The lowest BCUT2D eigenvalue weighted by Crippen LogP contribution is -2.28. The number of hydrogen-bond donors (Lipinski definition) is 0. The molecule has 1 fully saturated rings. The Bertz CT molecular complexity index is 464. The second-order valence-electron chi connectivity index (χ2n) is 6.02. The van der Waals surface area contributed by atoms with Crippen molar-refractivity contribution in [1.29, 1.82) is 0 Å². The molecular weight excluding hydrogens is 368 g/mol. The number of fused-ring (bicyclic) bond motifs is 1. The van der Waals surface area contributed by atoms with Crippen LogP contribution in [0.4, 0.5) is 0 Å². The van der Waals surface area contributed by atoms with E-state index in [1.807, 2.05) is 0 Å². The van der Waals surface area contributed by atoms with Crippen LogP contribution in [0.5, 0.6) is 5.75 Å². The summed E-state index contributed by atoms with van der Waals surface area (Å²) in [5.74, 6) is 1.18. The van der Waals surface area contributed by atoms with Gasteiger partial charge in [-0.2, -0.15) is 0 Å². The highest BCUT2D eigenvalue weighted by molar-refractivity contribution is 9.10. The average molecular weight is 388 g/mol. The van der Waals surface area contributed by atoms with Crippen molar-refractivity contribution in [3.05, 3.63) is 27.7 Å². The Balaban J connectivity index is 1.90. The van der Waals surface area contributed by atoms with Crippen LogP contribution in [0.1, 0.15) is 43.2 Å². The van der Waals surface area contributed by atoms with Crippen LogP contribution in [0.2, 0.25) is 0 Å². The van der Waals surface area contributed by atoms with Crippen LogP contribution in [-0.2, 0) is 12.8 Å². The number of ether oxygens (including phenoxy) is 1. The summed E-state index contributed by atoms with van der Waals surface area (Å²) in [6, 6.07) is 4.48. The first kappa shape index (κ1) is 13.9. The van der Waals surface area contributed by atoms with Gasteiger partial charge >= 0.3 is 0 Å². The number of rotatable bonds is 3. The van der Waals surface area contributed by atoms with Gasteiger partial charge in [0.05, 0.1) is 6.61 Å². The van der Waals surface area contributed by atoms with Gasteiger partial charge < -0.3 is 4.74 Å². The fraction of sp³-hybridized carbons (Fsp3) is 0.625. The highest BCUT2D eigenvalue weighted by Crippen LogP contribution is 2.44. The molecule has 3 rings (SSSR count). The number of halogens is 2. The molecule has 0 atom stereocenters. The van der Waals surface area contributed by atoms with Crippen molar-refractivity contribution in [3.63, 3.8) is 0 Å². The van der Waals surface area contributed by atoms with E-state index in [1.54, 1.807) is 0 Å². The van der Waals surface area contributed by atoms with E-state index < -0.39 is 0 Å². The molecule has 1 nitrogen and oxygen atoms in total. The van der Waals surface area contributed by atoms with Gasteiger partial charge in [-0.15, -0.1) is 0 Å². The number of benzene rings is 1. The second kappa shape index (κ2) is 5.77. The van der Waals surface area contributed by atoms with Crippen molar-refractivity contribution in [2.75, 3.05) is 11.9 Å². The lowest BCUT2D eigenvalue weighted by atomic mass is 9.71. The predicted octanol–water partition coefficient (Wildman–Crippen LogP) is 5.27. The summed E-state index contributed by atoms with van der Waals surface area (Å²) < 4.78 is 7.08. The highest BCUT2D eigenvalue weighted by atomic mass is 79.9. The molecule has 1 saturated carbocycles. The van der Waals surface area contributed by atoms with Gasteiger partial charge in [0.2, 0.25) is 0 Å². The fourth-order valence-corrected chi connectivity index (χ4v) is 4.85.